The van der Waals surface area contributed by atoms with Crippen molar-refractivity contribution in [3.63, 3.8) is 0 Å². The molecular formula is C12H21NO3. The van der Waals surface area contributed by atoms with Crippen molar-refractivity contribution in [2.75, 3.05) is 7.05 Å². The van der Waals surface area contributed by atoms with Gasteiger partial charge in [-0.15, -0.1) is 0 Å². The Morgan fingerprint density at radius 2 is 2.12 bits per heavy atom. The van der Waals surface area contributed by atoms with Gasteiger partial charge in [0.1, 0.15) is 0 Å². The van der Waals surface area contributed by atoms with Crippen LogP contribution in [0.1, 0.15) is 39.0 Å². The summed E-state index contributed by atoms with van der Waals surface area (Å²) in [5.41, 5.74) is 0. The predicted molar refractivity (Wildman–Crippen MR) is 60.9 cm³/mol. The summed E-state index contributed by atoms with van der Waals surface area (Å²) in [6.45, 7) is 2.16. The number of nitrogens with one attached hydrogen (secondary N) is 1. The fourth-order valence-corrected chi connectivity index (χ4v) is 2.60. The average Bonchev–Trinajstić information content (AvgIpc) is 2.25. The molecule has 1 fully saturated rings. The third-order valence-corrected chi connectivity index (χ3v) is 3.55. The highest BCUT2D eigenvalue weighted by Gasteiger charge is 2.32. The van der Waals surface area contributed by atoms with Crippen LogP contribution >= 0.6 is 0 Å². The third kappa shape index (κ3) is 3.51. The topological polar surface area (TPSA) is 66.4 Å². The predicted octanol–water partition coefficient (Wildman–Crippen LogP) is 1.65. The van der Waals surface area contributed by atoms with Crippen molar-refractivity contribution in [3.8, 4) is 0 Å². The van der Waals surface area contributed by atoms with Crippen molar-refractivity contribution >= 4 is 11.9 Å². The van der Waals surface area contributed by atoms with Crippen LogP contribution < -0.4 is 5.32 Å². The molecule has 3 unspecified atom stereocenters. The second-order valence-corrected chi connectivity index (χ2v) is 4.85. The van der Waals surface area contributed by atoms with Gasteiger partial charge in [0.15, 0.2) is 0 Å². The molecule has 3 atom stereocenters. The van der Waals surface area contributed by atoms with Crippen LogP contribution in [0.5, 0.6) is 0 Å². The molecular weight excluding hydrogens is 206 g/mol. The monoisotopic (exact) mass is 227 g/mol. The van der Waals surface area contributed by atoms with Crippen molar-refractivity contribution in [3.05, 3.63) is 0 Å². The van der Waals surface area contributed by atoms with Crippen LogP contribution in [0.4, 0.5) is 0 Å². The maximum Gasteiger partial charge on any atom is 0.307 e. The minimum absolute atomic E-state index is 0.114. The number of hydrogen-bond acceptors (Lipinski definition) is 2. The summed E-state index contributed by atoms with van der Waals surface area (Å²) in [6, 6.07) is 0. The van der Waals surface area contributed by atoms with Gasteiger partial charge >= 0.3 is 5.97 Å². The number of carboxylic acids is 1. The van der Waals surface area contributed by atoms with Crippen LogP contribution in [-0.4, -0.2) is 24.0 Å². The van der Waals surface area contributed by atoms with Gasteiger partial charge in [-0.05, 0) is 24.7 Å². The molecule has 4 heteroatoms. The second kappa shape index (κ2) is 5.87. The molecule has 0 aliphatic heterocycles. The molecule has 1 aliphatic carbocycles. The summed E-state index contributed by atoms with van der Waals surface area (Å²) >= 11 is 0. The largest absolute Gasteiger partial charge is 0.481 e. The maximum absolute atomic E-state index is 11.3. The molecule has 16 heavy (non-hydrogen) atoms. The van der Waals surface area contributed by atoms with Gasteiger partial charge in [-0.2, -0.15) is 0 Å². The summed E-state index contributed by atoms with van der Waals surface area (Å²) in [7, 11) is 1.55. The molecule has 1 amide bonds. The van der Waals surface area contributed by atoms with Gasteiger partial charge in [0.2, 0.25) is 5.91 Å². The summed E-state index contributed by atoms with van der Waals surface area (Å²) in [5.74, 6) is -0.764. The molecule has 0 aromatic carbocycles. The Kier molecular flexibility index (Phi) is 4.77. The van der Waals surface area contributed by atoms with Crippen molar-refractivity contribution in [2.24, 2.45) is 17.8 Å². The minimum atomic E-state index is -0.831. The Morgan fingerprint density at radius 1 is 1.44 bits per heavy atom. The highest BCUT2D eigenvalue weighted by Crippen LogP contribution is 2.35. The molecule has 0 radical (unpaired) electrons. The maximum atomic E-state index is 11.3. The highest BCUT2D eigenvalue weighted by molar-refractivity contribution is 5.82. The van der Waals surface area contributed by atoms with E-state index in [1.54, 1.807) is 7.05 Å². The zero-order valence-corrected chi connectivity index (χ0v) is 10.0. The molecule has 2 N–H and O–H groups in total. The molecule has 0 aromatic rings. The van der Waals surface area contributed by atoms with Gasteiger partial charge in [0.25, 0.3) is 0 Å². The molecule has 92 valence electrons. The van der Waals surface area contributed by atoms with Crippen LogP contribution in [0.3, 0.4) is 0 Å². The van der Waals surface area contributed by atoms with Crippen LogP contribution in [0.15, 0.2) is 0 Å². The number of aliphatic carboxylic acids is 1. The summed E-state index contributed by atoms with van der Waals surface area (Å²) in [5, 5.41) is 11.7. The molecule has 1 saturated carbocycles. The van der Waals surface area contributed by atoms with Gasteiger partial charge in [-0.3, -0.25) is 9.59 Å². The van der Waals surface area contributed by atoms with Crippen LogP contribution in [0, 0.1) is 17.8 Å². The number of carboxylic acid groups (broad SMARTS) is 1. The second-order valence-electron chi connectivity index (χ2n) is 4.85. The zero-order chi connectivity index (χ0) is 12.1. The SMILES string of the molecule is CNC(=O)CC(C(=O)O)C1CCCC(C)C1. The number of rotatable bonds is 4. The standard InChI is InChI=1S/C12H21NO3/c1-8-4-3-5-9(6-8)10(12(15)16)7-11(14)13-2/h8-10H,3-7H2,1-2H3,(H,13,14)(H,15,16). The fraction of sp³-hybridized carbons (Fsp3) is 0.833. The Hall–Kier alpha value is -1.06. The molecule has 4 nitrogen and oxygen atoms in total. The smallest absolute Gasteiger partial charge is 0.307 e. The molecule has 0 saturated heterocycles. The van der Waals surface area contributed by atoms with E-state index in [1.807, 2.05) is 0 Å². The Bertz CT molecular complexity index is 265. The number of carbonyl (C=O) groups excluding carboxylic acids is 1. The van der Waals surface area contributed by atoms with Gasteiger partial charge < -0.3 is 10.4 Å². The van der Waals surface area contributed by atoms with Gasteiger partial charge in [0, 0.05) is 13.5 Å². The van der Waals surface area contributed by atoms with E-state index in [-0.39, 0.29) is 18.2 Å². The van der Waals surface area contributed by atoms with E-state index in [1.165, 1.54) is 6.42 Å². The molecule has 0 aromatic heterocycles. The van der Waals surface area contributed by atoms with Gasteiger partial charge in [-0.1, -0.05) is 19.8 Å². The number of hydrogen-bond donors (Lipinski definition) is 2. The lowest BCUT2D eigenvalue weighted by molar-refractivity contribution is -0.146. The van der Waals surface area contributed by atoms with Gasteiger partial charge in [-0.25, -0.2) is 0 Å². The number of amides is 1. The number of carbonyl (C=O) groups is 2. The van der Waals surface area contributed by atoms with E-state index in [9.17, 15) is 14.7 Å². The summed E-state index contributed by atoms with van der Waals surface area (Å²) in [4.78, 5) is 22.5. The Morgan fingerprint density at radius 3 is 2.62 bits per heavy atom. The zero-order valence-electron chi connectivity index (χ0n) is 10.0. The first-order chi connectivity index (χ1) is 7.54. The molecule has 0 spiro atoms. The Labute approximate surface area is 96.4 Å². The third-order valence-electron chi connectivity index (χ3n) is 3.55. The lowest BCUT2D eigenvalue weighted by Gasteiger charge is -2.30. The molecule has 0 heterocycles. The normalized spacial score (nSPS) is 27.1. The van der Waals surface area contributed by atoms with Crippen LogP contribution in [0.25, 0.3) is 0 Å². The summed E-state index contributed by atoms with van der Waals surface area (Å²) in [6.07, 6.45) is 4.27. The van der Waals surface area contributed by atoms with E-state index < -0.39 is 11.9 Å². The van der Waals surface area contributed by atoms with Crippen molar-refractivity contribution < 1.29 is 14.7 Å². The Balaban J connectivity index is 2.61. The molecule has 0 bridgehead atoms. The van der Waals surface area contributed by atoms with E-state index in [2.05, 4.69) is 12.2 Å². The van der Waals surface area contributed by atoms with E-state index in [0.717, 1.165) is 19.3 Å². The first-order valence-corrected chi connectivity index (χ1v) is 5.98. The van der Waals surface area contributed by atoms with Crippen LogP contribution in [-0.2, 0) is 9.59 Å². The van der Waals surface area contributed by atoms with Crippen LogP contribution in [0.2, 0.25) is 0 Å². The molecule has 1 rings (SSSR count). The van der Waals surface area contributed by atoms with Crippen molar-refractivity contribution in [2.45, 2.75) is 39.0 Å². The average molecular weight is 227 g/mol. The first-order valence-electron chi connectivity index (χ1n) is 5.98. The van der Waals surface area contributed by atoms with Gasteiger partial charge in [0.05, 0.1) is 5.92 Å². The van der Waals surface area contributed by atoms with Crippen molar-refractivity contribution in [1.82, 2.24) is 5.32 Å². The minimum Gasteiger partial charge on any atom is -0.481 e. The van der Waals surface area contributed by atoms with E-state index >= 15 is 0 Å². The van der Waals surface area contributed by atoms with E-state index in [0.29, 0.717) is 5.92 Å². The van der Waals surface area contributed by atoms with Crippen molar-refractivity contribution in [1.29, 1.82) is 0 Å². The van der Waals surface area contributed by atoms with E-state index in [4.69, 9.17) is 0 Å². The summed E-state index contributed by atoms with van der Waals surface area (Å²) < 4.78 is 0. The lowest BCUT2D eigenvalue weighted by atomic mass is 9.74. The first kappa shape index (κ1) is 13.0. The fourth-order valence-electron chi connectivity index (χ4n) is 2.60. The highest BCUT2D eigenvalue weighted by atomic mass is 16.4. The lowest BCUT2D eigenvalue weighted by Crippen LogP contribution is -2.32. The quantitative estimate of drug-likeness (QED) is 0.767. The molecule has 1 aliphatic rings.